The summed E-state index contributed by atoms with van der Waals surface area (Å²) in [4.78, 5) is 35.2. The van der Waals surface area contributed by atoms with Gasteiger partial charge in [0.2, 0.25) is 0 Å². The van der Waals surface area contributed by atoms with Crippen LogP contribution in [0.3, 0.4) is 0 Å². The summed E-state index contributed by atoms with van der Waals surface area (Å²) in [7, 11) is 4.00. The molecule has 0 saturated heterocycles. The summed E-state index contributed by atoms with van der Waals surface area (Å²) in [6.07, 6.45) is 0. The molecule has 0 aliphatic carbocycles. The van der Waals surface area contributed by atoms with Gasteiger partial charge < -0.3 is 19.3 Å². The van der Waals surface area contributed by atoms with E-state index in [1.165, 1.54) is 38.5 Å². The van der Waals surface area contributed by atoms with Crippen LogP contribution in [0.1, 0.15) is 20.7 Å². The lowest BCUT2D eigenvalue weighted by Gasteiger charge is -2.17. The number of hydrogen-bond acceptors (Lipinski definition) is 7. The van der Waals surface area contributed by atoms with E-state index in [4.69, 9.17) is 14.2 Å². The molecular formula is C21H17NO8. The number of non-ortho nitro benzene ring substituents is 1. The first-order chi connectivity index (χ1) is 14.3. The third kappa shape index (κ3) is 3.48. The number of hydrogen-bond donors (Lipinski definition) is 1. The van der Waals surface area contributed by atoms with Gasteiger partial charge >= 0.3 is 11.9 Å². The molecule has 3 rings (SSSR count). The normalized spacial score (nSPS) is 10.5. The van der Waals surface area contributed by atoms with Crippen molar-refractivity contribution < 1.29 is 33.8 Å². The van der Waals surface area contributed by atoms with Crippen molar-refractivity contribution in [2.75, 3.05) is 21.3 Å². The minimum Gasteiger partial charge on any atom is -0.493 e. The SMILES string of the molecule is COC(=O)c1c(C(=O)O)cc2cc(OC)c(OC)cc2c1-c1cccc([N+](=O)[O-])c1. The molecule has 0 atom stereocenters. The summed E-state index contributed by atoms with van der Waals surface area (Å²) in [6.45, 7) is 0. The van der Waals surface area contributed by atoms with Gasteiger partial charge in [-0.2, -0.15) is 0 Å². The maximum absolute atomic E-state index is 12.6. The lowest BCUT2D eigenvalue weighted by molar-refractivity contribution is -0.384. The molecule has 0 bridgehead atoms. The zero-order chi connectivity index (χ0) is 22.0. The number of fused-ring (bicyclic) bond motifs is 1. The minimum absolute atomic E-state index is 0.182. The van der Waals surface area contributed by atoms with Gasteiger partial charge in [-0.05, 0) is 34.5 Å². The standard InChI is InChI=1S/C21H17NO8/c1-28-16-9-12-8-15(20(23)24)19(21(25)30-3)18(14(12)10-17(16)29-2)11-5-4-6-13(7-11)22(26)27/h4-10H,1-3H3,(H,23,24). The van der Waals surface area contributed by atoms with E-state index in [-0.39, 0.29) is 27.9 Å². The number of carboxylic acids is 1. The van der Waals surface area contributed by atoms with Crippen molar-refractivity contribution in [3.63, 3.8) is 0 Å². The van der Waals surface area contributed by atoms with Gasteiger partial charge in [0.15, 0.2) is 11.5 Å². The van der Waals surface area contributed by atoms with Gasteiger partial charge in [-0.1, -0.05) is 12.1 Å². The number of nitrogens with zero attached hydrogens (tertiary/aromatic N) is 1. The monoisotopic (exact) mass is 411 g/mol. The average Bonchev–Trinajstić information content (AvgIpc) is 2.75. The molecule has 0 aliphatic heterocycles. The molecule has 0 radical (unpaired) electrons. The Morgan fingerprint density at radius 2 is 1.67 bits per heavy atom. The first-order valence-electron chi connectivity index (χ1n) is 8.61. The molecule has 0 aliphatic rings. The number of esters is 1. The van der Waals surface area contributed by atoms with Gasteiger partial charge in [0, 0.05) is 17.7 Å². The number of carboxylic acid groups (broad SMARTS) is 1. The Morgan fingerprint density at radius 1 is 1.00 bits per heavy atom. The third-order valence-electron chi connectivity index (χ3n) is 4.61. The van der Waals surface area contributed by atoms with E-state index in [2.05, 4.69) is 0 Å². The fourth-order valence-corrected chi connectivity index (χ4v) is 3.29. The Balaban J connectivity index is 2.55. The fourth-order valence-electron chi connectivity index (χ4n) is 3.29. The first kappa shape index (κ1) is 20.6. The minimum atomic E-state index is -1.35. The van der Waals surface area contributed by atoms with Crippen LogP contribution in [0.4, 0.5) is 5.69 Å². The van der Waals surface area contributed by atoms with Crippen molar-refractivity contribution in [1.29, 1.82) is 0 Å². The van der Waals surface area contributed by atoms with Crippen molar-refractivity contribution in [2.24, 2.45) is 0 Å². The zero-order valence-corrected chi connectivity index (χ0v) is 16.3. The highest BCUT2D eigenvalue weighted by molar-refractivity contribution is 6.15. The van der Waals surface area contributed by atoms with Crippen LogP contribution < -0.4 is 9.47 Å². The fraction of sp³-hybridized carbons (Fsp3) is 0.143. The summed E-state index contributed by atoms with van der Waals surface area (Å²) in [5.74, 6) is -1.53. The maximum atomic E-state index is 12.6. The summed E-state index contributed by atoms with van der Waals surface area (Å²) in [5.41, 5.74) is -0.266. The largest absolute Gasteiger partial charge is 0.493 e. The van der Waals surface area contributed by atoms with Crippen LogP contribution in [-0.4, -0.2) is 43.3 Å². The van der Waals surface area contributed by atoms with Crippen LogP contribution in [-0.2, 0) is 4.74 Å². The van der Waals surface area contributed by atoms with Crippen molar-refractivity contribution >= 4 is 28.4 Å². The van der Waals surface area contributed by atoms with Crippen LogP contribution in [0.2, 0.25) is 0 Å². The molecule has 9 nitrogen and oxygen atoms in total. The topological polar surface area (TPSA) is 125 Å². The lowest BCUT2D eigenvalue weighted by atomic mass is 9.89. The smallest absolute Gasteiger partial charge is 0.339 e. The van der Waals surface area contributed by atoms with Crippen LogP contribution >= 0.6 is 0 Å². The second-order valence-electron chi connectivity index (χ2n) is 6.21. The van der Waals surface area contributed by atoms with Gasteiger partial charge in [-0.15, -0.1) is 0 Å². The molecule has 0 unspecified atom stereocenters. The van der Waals surface area contributed by atoms with E-state index in [0.717, 1.165) is 7.11 Å². The number of benzene rings is 3. The third-order valence-corrected chi connectivity index (χ3v) is 4.61. The molecular weight excluding hydrogens is 394 g/mol. The number of ether oxygens (including phenoxy) is 3. The van der Waals surface area contributed by atoms with Crippen LogP contribution in [0.15, 0.2) is 42.5 Å². The number of nitro groups is 1. The molecule has 9 heteroatoms. The molecule has 0 heterocycles. The summed E-state index contributed by atoms with van der Waals surface area (Å²) in [6, 6.07) is 10.1. The van der Waals surface area contributed by atoms with Gasteiger partial charge in [0.1, 0.15) is 0 Å². The summed E-state index contributed by atoms with van der Waals surface area (Å²) >= 11 is 0. The highest BCUT2D eigenvalue weighted by Gasteiger charge is 2.27. The second-order valence-corrected chi connectivity index (χ2v) is 6.21. The van der Waals surface area contributed by atoms with Crippen molar-refractivity contribution in [2.45, 2.75) is 0 Å². The summed E-state index contributed by atoms with van der Waals surface area (Å²) in [5, 5.41) is 21.9. The Kier molecular flexibility index (Phi) is 5.54. The second kappa shape index (κ2) is 8.08. The van der Waals surface area contributed by atoms with Crippen LogP contribution in [0.25, 0.3) is 21.9 Å². The Hall–Kier alpha value is -4.14. The van der Waals surface area contributed by atoms with Gasteiger partial charge in [-0.25, -0.2) is 9.59 Å². The van der Waals surface area contributed by atoms with Crippen molar-refractivity contribution in [3.05, 3.63) is 63.7 Å². The quantitative estimate of drug-likeness (QED) is 0.368. The van der Waals surface area contributed by atoms with E-state index >= 15 is 0 Å². The molecule has 154 valence electrons. The number of carbonyl (C=O) groups is 2. The van der Waals surface area contributed by atoms with Gasteiger partial charge in [0.25, 0.3) is 5.69 Å². The highest BCUT2D eigenvalue weighted by Crippen LogP contribution is 2.41. The van der Waals surface area contributed by atoms with Crippen LogP contribution in [0, 0.1) is 10.1 Å². The van der Waals surface area contributed by atoms with E-state index in [9.17, 15) is 24.8 Å². The van der Waals surface area contributed by atoms with E-state index < -0.39 is 16.9 Å². The highest BCUT2D eigenvalue weighted by atomic mass is 16.6. The van der Waals surface area contributed by atoms with Crippen LogP contribution in [0.5, 0.6) is 11.5 Å². The average molecular weight is 411 g/mol. The Labute approximate surface area is 170 Å². The van der Waals surface area contributed by atoms with Crippen molar-refractivity contribution in [1.82, 2.24) is 0 Å². The number of methoxy groups -OCH3 is 3. The number of aromatic carboxylic acids is 1. The van der Waals surface area contributed by atoms with E-state index in [1.807, 2.05) is 0 Å². The number of carbonyl (C=O) groups excluding carboxylic acids is 1. The number of rotatable bonds is 6. The first-order valence-corrected chi connectivity index (χ1v) is 8.61. The Bertz CT molecular complexity index is 1190. The molecule has 0 amide bonds. The summed E-state index contributed by atoms with van der Waals surface area (Å²) < 4.78 is 15.4. The predicted octanol–water partition coefficient (Wildman–Crippen LogP) is 3.92. The molecule has 3 aromatic carbocycles. The molecule has 3 aromatic rings. The lowest BCUT2D eigenvalue weighted by Crippen LogP contribution is -2.12. The van der Waals surface area contributed by atoms with E-state index in [0.29, 0.717) is 22.3 Å². The molecule has 30 heavy (non-hydrogen) atoms. The van der Waals surface area contributed by atoms with E-state index in [1.54, 1.807) is 18.2 Å². The Morgan fingerprint density at radius 3 is 2.23 bits per heavy atom. The van der Waals surface area contributed by atoms with Gasteiger partial charge in [-0.3, -0.25) is 10.1 Å². The van der Waals surface area contributed by atoms with Gasteiger partial charge in [0.05, 0.1) is 37.4 Å². The predicted molar refractivity (Wildman–Crippen MR) is 107 cm³/mol. The molecule has 0 saturated carbocycles. The molecule has 0 fully saturated rings. The molecule has 0 aromatic heterocycles. The molecule has 1 N–H and O–H groups in total. The number of nitro benzene ring substituents is 1. The molecule has 0 spiro atoms. The van der Waals surface area contributed by atoms with Crippen molar-refractivity contribution in [3.8, 4) is 22.6 Å². The maximum Gasteiger partial charge on any atom is 0.339 e. The zero-order valence-electron chi connectivity index (χ0n) is 16.3.